The van der Waals surface area contributed by atoms with Gasteiger partial charge in [0.25, 0.3) is 0 Å². The average molecular weight is 346 g/mol. The van der Waals surface area contributed by atoms with Crippen LogP contribution in [0.2, 0.25) is 5.02 Å². The second kappa shape index (κ2) is 7.15. The number of ether oxygens (including phenoxy) is 1. The van der Waals surface area contributed by atoms with Crippen molar-refractivity contribution in [1.82, 2.24) is 19.5 Å². The van der Waals surface area contributed by atoms with Crippen molar-refractivity contribution in [2.75, 3.05) is 25.7 Å². The predicted molar refractivity (Wildman–Crippen MR) is 95.5 cm³/mol. The molecule has 1 atom stereocenters. The van der Waals surface area contributed by atoms with Crippen molar-refractivity contribution >= 4 is 28.6 Å². The minimum Gasteiger partial charge on any atom is -0.382 e. The largest absolute Gasteiger partial charge is 0.382 e. The maximum absolute atomic E-state index is 6.01. The second-order valence-electron chi connectivity index (χ2n) is 5.53. The van der Waals surface area contributed by atoms with E-state index in [-0.39, 0.29) is 6.04 Å². The molecule has 0 saturated heterocycles. The van der Waals surface area contributed by atoms with Crippen molar-refractivity contribution in [2.24, 2.45) is 0 Å². The third-order valence-corrected chi connectivity index (χ3v) is 4.36. The van der Waals surface area contributed by atoms with Crippen molar-refractivity contribution in [3.05, 3.63) is 47.5 Å². The normalized spacial score (nSPS) is 12.5. The standard InChI is InChI=1S/C17H20ClN5O/c1-4-23-11-21-15-16(19-10-20-17(15)23)22(2)14(9-24-3)12-5-7-13(18)8-6-12/h5-8,10-11,14H,4,9H2,1-3H3. The van der Waals surface area contributed by atoms with Crippen LogP contribution in [0, 0.1) is 0 Å². The summed E-state index contributed by atoms with van der Waals surface area (Å²) < 4.78 is 7.43. The lowest BCUT2D eigenvalue weighted by molar-refractivity contribution is 0.178. The van der Waals surface area contributed by atoms with Gasteiger partial charge in [-0.15, -0.1) is 0 Å². The molecule has 0 bridgehead atoms. The summed E-state index contributed by atoms with van der Waals surface area (Å²) in [6, 6.07) is 7.78. The fourth-order valence-electron chi connectivity index (χ4n) is 2.78. The number of nitrogens with zero attached hydrogens (tertiary/aromatic N) is 5. The SMILES string of the molecule is CCn1cnc2c(N(C)C(COC)c3ccc(Cl)cc3)ncnc21. The van der Waals surface area contributed by atoms with Crippen LogP contribution in [0.25, 0.3) is 11.2 Å². The molecule has 0 aliphatic carbocycles. The van der Waals surface area contributed by atoms with Crippen LogP contribution < -0.4 is 4.90 Å². The highest BCUT2D eigenvalue weighted by atomic mass is 35.5. The molecule has 0 amide bonds. The number of halogens is 1. The molecular formula is C17H20ClN5O. The van der Waals surface area contributed by atoms with Gasteiger partial charge in [-0.25, -0.2) is 15.0 Å². The van der Waals surface area contributed by atoms with Crippen molar-refractivity contribution in [3.63, 3.8) is 0 Å². The number of aryl methyl sites for hydroxylation is 1. The second-order valence-corrected chi connectivity index (χ2v) is 5.97. The Morgan fingerprint density at radius 3 is 2.62 bits per heavy atom. The van der Waals surface area contributed by atoms with Gasteiger partial charge in [-0.05, 0) is 24.6 Å². The highest BCUT2D eigenvalue weighted by Crippen LogP contribution is 2.29. The Morgan fingerprint density at radius 1 is 1.21 bits per heavy atom. The maximum atomic E-state index is 6.01. The van der Waals surface area contributed by atoms with Gasteiger partial charge in [-0.1, -0.05) is 23.7 Å². The van der Waals surface area contributed by atoms with Gasteiger partial charge in [0.05, 0.1) is 19.0 Å². The molecule has 3 aromatic rings. The van der Waals surface area contributed by atoms with Gasteiger partial charge in [0.15, 0.2) is 17.0 Å². The monoisotopic (exact) mass is 345 g/mol. The zero-order valence-corrected chi connectivity index (χ0v) is 14.7. The van der Waals surface area contributed by atoms with Crippen molar-refractivity contribution in [2.45, 2.75) is 19.5 Å². The van der Waals surface area contributed by atoms with E-state index in [1.54, 1.807) is 19.8 Å². The molecule has 3 rings (SSSR count). The summed E-state index contributed by atoms with van der Waals surface area (Å²) in [5, 5.41) is 0.712. The van der Waals surface area contributed by atoms with Crippen molar-refractivity contribution in [1.29, 1.82) is 0 Å². The molecule has 0 saturated carbocycles. The molecule has 0 aliphatic rings. The first-order chi connectivity index (χ1) is 11.7. The Morgan fingerprint density at radius 2 is 1.96 bits per heavy atom. The summed E-state index contributed by atoms with van der Waals surface area (Å²) in [6.07, 6.45) is 3.37. The zero-order valence-electron chi connectivity index (χ0n) is 14.0. The van der Waals surface area contributed by atoms with Gasteiger partial charge in [0.1, 0.15) is 6.33 Å². The number of fused-ring (bicyclic) bond motifs is 1. The molecule has 0 aliphatic heterocycles. The third-order valence-electron chi connectivity index (χ3n) is 4.10. The van der Waals surface area contributed by atoms with Crippen LogP contribution in [0.5, 0.6) is 0 Å². The van der Waals surface area contributed by atoms with Gasteiger partial charge in [-0.2, -0.15) is 0 Å². The van der Waals surface area contributed by atoms with Gasteiger partial charge in [-0.3, -0.25) is 0 Å². The average Bonchev–Trinajstić information content (AvgIpc) is 3.03. The minimum absolute atomic E-state index is 0.00265. The van der Waals surface area contributed by atoms with Crippen molar-refractivity contribution < 1.29 is 4.74 Å². The van der Waals surface area contributed by atoms with E-state index in [1.165, 1.54) is 0 Å². The minimum atomic E-state index is -0.00265. The molecule has 0 N–H and O–H groups in total. The van der Waals surface area contributed by atoms with Crippen molar-refractivity contribution in [3.8, 4) is 0 Å². The summed E-state index contributed by atoms with van der Waals surface area (Å²) in [5.74, 6) is 0.782. The molecule has 1 unspecified atom stereocenters. The lowest BCUT2D eigenvalue weighted by Crippen LogP contribution is -2.28. The summed E-state index contributed by atoms with van der Waals surface area (Å²) in [5.41, 5.74) is 2.73. The number of likely N-dealkylation sites (N-methyl/N-ethyl adjacent to an activating group) is 1. The van der Waals surface area contributed by atoms with E-state index in [1.807, 2.05) is 35.9 Å². The molecule has 7 heteroatoms. The summed E-state index contributed by atoms with van der Waals surface area (Å²) in [4.78, 5) is 15.4. The van der Waals surface area contributed by atoms with Crippen LogP contribution in [0.3, 0.4) is 0 Å². The highest BCUT2D eigenvalue weighted by Gasteiger charge is 2.22. The molecule has 0 radical (unpaired) electrons. The number of rotatable bonds is 6. The molecule has 0 fully saturated rings. The fraction of sp³-hybridized carbons (Fsp3) is 0.353. The van der Waals surface area contributed by atoms with Crippen LogP contribution in [0.1, 0.15) is 18.5 Å². The van der Waals surface area contributed by atoms with E-state index < -0.39 is 0 Å². The smallest absolute Gasteiger partial charge is 0.165 e. The highest BCUT2D eigenvalue weighted by molar-refractivity contribution is 6.30. The van der Waals surface area contributed by atoms with E-state index in [4.69, 9.17) is 16.3 Å². The lowest BCUT2D eigenvalue weighted by Gasteiger charge is -2.29. The number of methoxy groups -OCH3 is 1. The molecule has 126 valence electrons. The first-order valence-corrected chi connectivity index (χ1v) is 8.16. The first-order valence-electron chi connectivity index (χ1n) is 7.78. The number of aromatic nitrogens is 4. The summed E-state index contributed by atoms with van der Waals surface area (Å²) in [6.45, 7) is 3.40. The van der Waals surface area contributed by atoms with E-state index in [0.29, 0.717) is 11.6 Å². The van der Waals surface area contributed by atoms with E-state index in [0.717, 1.165) is 29.1 Å². The van der Waals surface area contributed by atoms with Crippen LogP contribution >= 0.6 is 11.6 Å². The van der Waals surface area contributed by atoms with E-state index in [9.17, 15) is 0 Å². The fourth-order valence-corrected chi connectivity index (χ4v) is 2.91. The topological polar surface area (TPSA) is 56.1 Å². The van der Waals surface area contributed by atoms with Crippen LogP contribution in [-0.2, 0) is 11.3 Å². The van der Waals surface area contributed by atoms with E-state index >= 15 is 0 Å². The van der Waals surface area contributed by atoms with E-state index in [2.05, 4.69) is 26.8 Å². The maximum Gasteiger partial charge on any atom is 0.165 e. The Labute approximate surface area is 146 Å². The Bertz CT molecular complexity index is 817. The first kappa shape index (κ1) is 16.7. The Hall–Kier alpha value is -2.18. The Balaban J connectivity index is 2.03. The lowest BCUT2D eigenvalue weighted by atomic mass is 10.1. The summed E-state index contributed by atoms with van der Waals surface area (Å²) in [7, 11) is 3.68. The number of hydrogen-bond donors (Lipinski definition) is 0. The van der Waals surface area contributed by atoms with Gasteiger partial charge in [0, 0.05) is 25.7 Å². The predicted octanol–water partition coefficient (Wildman–Crippen LogP) is 3.32. The molecule has 1 aromatic carbocycles. The number of anilines is 1. The van der Waals surface area contributed by atoms with Gasteiger partial charge in [0.2, 0.25) is 0 Å². The third kappa shape index (κ3) is 3.07. The molecule has 24 heavy (non-hydrogen) atoms. The molecular weight excluding hydrogens is 326 g/mol. The summed E-state index contributed by atoms with van der Waals surface area (Å²) >= 11 is 6.01. The number of hydrogen-bond acceptors (Lipinski definition) is 5. The zero-order chi connectivity index (χ0) is 17.1. The number of imidazole rings is 1. The molecule has 0 spiro atoms. The van der Waals surface area contributed by atoms with Crippen LogP contribution in [0.15, 0.2) is 36.9 Å². The van der Waals surface area contributed by atoms with Gasteiger partial charge < -0.3 is 14.2 Å². The Kier molecular flexibility index (Phi) is 4.97. The molecule has 6 nitrogen and oxygen atoms in total. The van der Waals surface area contributed by atoms with Crippen LogP contribution in [-0.4, -0.2) is 40.3 Å². The number of benzene rings is 1. The quantitative estimate of drug-likeness (QED) is 0.686. The molecule has 2 heterocycles. The van der Waals surface area contributed by atoms with Crippen LogP contribution in [0.4, 0.5) is 5.82 Å². The van der Waals surface area contributed by atoms with Gasteiger partial charge >= 0.3 is 0 Å². The molecule has 2 aromatic heterocycles.